The van der Waals surface area contributed by atoms with Gasteiger partial charge in [-0.05, 0) is 25.1 Å². The molecule has 0 amide bonds. The van der Waals surface area contributed by atoms with Gasteiger partial charge in [-0.25, -0.2) is 4.79 Å². The van der Waals surface area contributed by atoms with Crippen LogP contribution < -0.4 is 10.5 Å². The van der Waals surface area contributed by atoms with Crippen LogP contribution >= 0.6 is 0 Å². The summed E-state index contributed by atoms with van der Waals surface area (Å²) in [5, 5.41) is 25.6. The fraction of sp³-hybridized carbons (Fsp3) is 0.0588. The highest BCUT2D eigenvalue weighted by atomic mass is 32.2. The van der Waals surface area contributed by atoms with Crippen LogP contribution in [0.5, 0.6) is 5.88 Å². The monoisotopic (exact) mass is 447 g/mol. The Labute approximate surface area is 174 Å². The number of aryl methyl sites for hydroxylation is 1. The quantitative estimate of drug-likeness (QED) is 0.332. The van der Waals surface area contributed by atoms with E-state index in [1.54, 1.807) is 19.1 Å². The number of rotatable bonds is 6. The number of ether oxygens (including phenoxy) is 1. The molecule has 0 saturated carbocycles. The second kappa shape index (κ2) is 7.83. The molecular formula is C17H13N5O8S. The van der Waals surface area contributed by atoms with Gasteiger partial charge in [-0.3, -0.25) is 20.2 Å². The number of nitro groups is 2. The smallest absolute Gasteiger partial charge is 0.351 e. The van der Waals surface area contributed by atoms with Gasteiger partial charge in [0, 0.05) is 12.1 Å². The first-order valence-electron chi connectivity index (χ1n) is 8.33. The van der Waals surface area contributed by atoms with E-state index in [0.29, 0.717) is 10.2 Å². The highest BCUT2D eigenvalue weighted by Gasteiger charge is 2.27. The molecule has 0 fully saturated rings. The number of carbonyl (C=O) groups excluding carboxylic acids is 1. The molecule has 3 rings (SSSR count). The Morgan fingerprint density at radius 3 is 2.29 bits per heavy atom. The lowest BCUT2D eigenvalue weighted by Crippen LogP contribution is -2.17. The molecule has 0 aliphatic rings. The van der Waals surface area contributed by atoms with Crippen LogP contribution in [0.4, 0.5) is 17.2 Å². The average molecular weight is 447 g/mol. The summed E-state index contributed by atoms with van der Waals surface area (Å²) in [6.45, 7) is 1.77. The molecule has 1 heterocycles. The third-order valence-electron chi connectivity index (χ3n) is 4.03. The van der Waals surface area contributed by atoms with E-state index in [0.717, 1.165) is 23.8 Å². The molecule has 0 radical (unpaired) electrons. The number of hydrogen-bond donors (Lipinski definition) is 1. The molecule has 0 saturated heterocycles. The van der Waals surface area contributed by atoms with Gasteiger partial charge in [0.05, 0.1) is 20.8 Å². The fourth-order valence-electron chi connectivity index (χ4n) is 2.52. The lowest BCUT2D eigenvalue weighted by Gasteiger charge is -2.06. The minimum Gasteiger partial charge on any atom is -0.402 e. The van der Waals surface area contributed by atoms with Crippen LogP contribution in [0.1, 0.15) is 15.9 Å². The third-order valence-corrected chi connectivity index (χ3v) is 5.65. The summed E-state index contributed by atoms with van der Waals surface area (Å²) in [5.41, 5.74) is 4.46. The topological polar surface area (TPSA) is 191 Å². The molecule has 160 valence electrons. The molecule has 0 aliphatic heterocycles. The molecule has 1 aromatic heterocycles. The summed E-state index contributed by atoms with van der Waals surface area (Å²) in [6.07, 6.45) is 0. The van der Waals surface area contributed by atoms with E-state index in [2.05, 4.69) is 5.10 Å². The van der Waals surface area contributed by atoms with E-state index in [1.807, 2.05) is 0 Å². The van der Waals surface area contributed by atoms with Crippen molar-refractivity contribution in [1.82, 2.24) is 9.19 Å². The number of non-ortho nitro benzene ring substituents is 1. The minimum absolute atomic E-state index is 0.114. The van der Waals surface area contributed by atoms with E-state index < -0.39 is 48.7 Å². The van der Waals surface area contributed by atoms with Gasteiger partial charge in [-0.15, -0.1) is 9.19 Å². The number of nitrogens with zero attached hydrogens (tertiary/aromatic N) is 4. The zero-order chi connectivity index (χ0) is 22.9. The van der Waals surface area contributed by atoms with E-state index in [-0.39, 0.29) is 10.7 Å². The number of benzene rings is 2. The van der Waals surface area contributed by atoms with E-state index in [9.17, 15) is 33.4 Å². The predicted molar refractivity (Wildman–Crippen MR) is 105 cm³/mol. The maximum Gasteiger partial charge on any atom is 0.351 e. The van der Waals surface area contributed by atoms with Crippen LogP contribution in [-0.4, -0.2) is 33.4 Å². The van der Waals surface area contributed by atoms with E-state index >= 15 is 0 Å². The number of aromatic nitrogens is 2. The van der Waals surface area contributed by atoms with E-state index in [4.69, 9.17) is 10.5 Å². The molecule has 2 N–H and O–H groups in total. The standard InChI is InChI=1S/C17H13N5O8S/c1-10-2-5-12(6-3-10)31(28,29)20-15(18)9-16(19-20)30-17(23)13-7-4-11(21(24)25)8-14(13)22(26)27/h2-9H,18H2,1H3. The van der Waals surface area contributed by atoms with Gasteiger partial charge in [-0.2, -0.15) is 8.42 Å². The van der Waals surface area contributed by atoms with Crippen LogP contribution in [0.25, 0.3) is 0 Å². The second-order valence-corrected chi connectivity index (χ2v) is 7.94. The van der Waals surface area contributed by atoms with Crippen LogP contribution in [0.15, 0.2) is 53.4 Å². The Morgan fingerprint density at radius 2 is 1.71 bits per heavy atom. The van der Waals surface area contributed by atoms with Gasteiger partial charge in [0.15, 0.2) is 0 Å². The molecule has 0 atom stereocenters. The van der Waals surface area contributed by atoms with Gasteiger partial charge >= 0.3 is 5.97 Å². The van der Waals surface area contributed by atoms with Gasteiger partial charge in [-0.1, -0.05) is 17.7 Å². The highest BCUT2D eigenvalue weighted by Crippen LogP contribution is 2.27. The van der Waals surface area contributed by atoms with Crippen molar-refractivity contribution >= 4 is 33.2 Å². The molecule has 2 aromatic carbocycles. The number of nitrogen functional groups attached to an aromatic ring is 1. The summed E-state index contributed by atoms with van der Waals surface area (Å²) in [6, 6.07) is 9.12. The van der Waals surface area contributed by atoms with Crippen molar-refractivity contribution in [2.24, 2.45) is 0 Å². The maximum atomic E-state index is 12.7. The Morgan fingerprint density at radius 1 is 1.06 bits per heavy atom. The summed E-state index contributed by atoms with van der Waals surface area (Å²) in [7, 11) is -4.20. The van der Waals surface area contributed by atoms with Gasteiger partial charge in [0.1, 0.15) is 11.4 Å². The van der Waals surface area contributed by atoms with Crippen molar-refractivity contribution in [2.75, 3.05) is 5.73 Å². The van der Waals surface area contributed by atoms with Crippen LogP contribution in [0, 0.1) is 27.2 Å². The van der Waals surface area contributed by atoms with Crippen LogP contribution in [0.2, 0.25) is 0 Å². The van der Waals surface area contributed by atoms with E-state index in [1.165, 1.54) is 12.1 Å². The summed E-state index contributed by atoms with van der Waals surface area (Å²) in [4.78, 5) is 32.4. The first kappa shape index (κ1) is 21.4. The van der Waals surface area contributed by atoms with Crippen molar-refractivity contribution < 1.29 is 27.8 Å². The van der Waals surface area contributed by atoms with Crippen molar-refractivity contribution in [3.05, 3.63) is 79.9 Å². The third kappa shape index (κ3) is 4.18. The fourth-order valence-corrected chi connectivity index (χ4v) is 3.72. The van der Waals surface area contributed by atoms with Crippen LogP contribution in [-0.2, 0) is 10.0 Å². The lowest BCUT2D eigenvalue weighted by atomic mass is 10.1. The molecule has 0 spiro atoms. The summed E-state index contributed by atoms with van der Waals surface area (Å²) in [5.74, 6) is -2.19. The molecule has 0 bridgehead atoms. The number of nitro benzene ring substituents is 2. The first-order chi connectivity index (χ1) is 14.5. The summed E-state index contributed by atoms with van der Waals surface area (Å²) < 4.78 is 30.8. The highest BCUT2D eigenvalue weighted by molar-refractivity contribution is 7.90. The number of hydrogen-bond acceptors (Lipinski definition) is 10. The Bertz CT molecular complexity index is 1310. The minimum atomic E-state index is -4.20. The number of anilines is 1. The summed E-state index contributed by atoms with van der Waals surface area (Å²) >= 11 is 0. The number of nitrogens with two attached hydrogens (primary N) is 1. The Balaban J connectivity index is 1.93. The van der Waals surface area contributed by atoms with Crippen molar-refractivity contribution in [3.63, 3.8) is 0 Å². The molecule has 14 heteroatoms. The molecule has 0 unspecified atom stereocenters. The van der Waals surface area contributed by atoms with Crippen molar-refractivity contribution in [2.45, 2.75) is 11.8 Å². The molecule has 13 nitrogen and oxygen atoms in total. The molecule has 3 aromatic rings. The maximum absolute atomic E-state index is 12.7. The van der Waals surface area contributed by atoms with Gasteiger partial charge in [0.25, 0.3) is 21.4 Å². The zero-order valence-corrected chi connectivity index (χ0v) is 16.5. The zero-order valence-electron chi connectivity index (χ0n) is 15.7. The average Bonchev–Trinajstić information content (AvgIpc) is 3.08. The number of esters is 1. The molecular weight excluding hydrogens is 434 g/mol. The largest absolute Gasteiger partial charge is 0.402 e. The Hall–Kier alpha value is -4.33. The second-order valence-electron chi connectivity index (χ2n) is 6.17. The predicted octanol–water partition coefficient (Wildman–Crippen LogP) is 2.05. The molecule has 31 heavy (non-hydrogen) atoms. The van der Waals surface area contributed by atoms with Gasteiger partial charge in [0.2, 0.25) is 5.88 Å². The molecule has 0 aliphatic carbocycles. The van der Waals surface area contributed by atoms with Crippen molar-refractivity contribution in [1.29, 1.82) is 0 Å². The first-order valence-corrected chi connectivity index (χ1v) is 9.77. The van der Waals surface area contributed by atoms with Gasteiger partial charge < -0.3 is 10.5 Å². The normalized spacial score (nSPS) is 11.1. The van der Waals surface area contributed by atoms with Crippen LogP contribution in [0.3, 0.4) is 0 Å². The number of carbonyl (C=O) groups is 1. The SMILES string of the molecule is Cc1ccc(S(=O)(=O)n2nc(OC(=O)c3ccc([N+](=O)[O-])cc3[N+](=O)[O-])cc2N)cc1. The van der Waals surface area contributed by atoms with Crippen molar-refractivity contribution in [3.8, 4) is 5.88 Å². The Kier molecular flexibility index (Phi) is 5.40. The lowest BCUT2D eigenvalue weighted by molar-refractivity contribution is -0.394.